The minimum absolute atomic E-state index is 0.563. The lowest BCUT2D eigenvalue weighted by Gasteiger charge is -2.30. The summed E-state index contributed by atoms with van der Waals surface area (Å²) in [4.78, 5) is 11.6. The molecule has 0 bridgehead atoms. The second kappa shape index (κ2) is 8.33. The maximum Gasteiger partial charge on any atom is 0.227 e. The third-order valence-electron chi connectivity index (χ3n) is 4.85. The van der Waals surface area contributed by atoms with Gasteiger partial charge >= 0.3 is 0 Å². The molecule has 1 N–H and O–H groups in total. The smallest absolute Gasteiger partial charge is 0.227 e. The van der Waals surface area contributed by atoms with Crippen molar-refractivity contribution in [3.05, 3.63) is 23.9 Å². The van der Waals surface area contributed by atoms with Crippen molar-refractivity contribution in [1.82, 2.24) is 9.97 Å². The van der Waals surface area contributed by atoms with Crippen LogP contribution in [0.15, 0.2) is 18.2 Å². The van der Waals surface area contributed by atoms with Gasteiger partial charge in [-0.1, -0.05) is 6.92 Å². The maximum absolute atomic E-state index is 5.42. The lowest BCUT2D eigenvalue weighted by molar-refractivity contribution is 0.324. The number of nitrogens with zero attached hydrogens (tertiary/aromatic N) is 3. The van der Waals surface area contributed by atoms with E-state index < -0.39 is 0 Å². The fourth-order valence-corrected chi connectivity index (χ4v) is 3.27. The van der Waals surface area contributed by atoms with Gasteiger partial charge in [-0.3, -0.25) is 0 Å². The van der Waals surface area contributed by atoms with E-state index in [2.05, 4.69) is 22.1 Å². The zero-order valence-electron chi connectivity index (χ0n) is 16.7. The van der Waals surface area contributed by atoms with Crippen molar-refractivity contribution in [2.24, 2.45) is 5.92 Å². The molecular formula is C20H28N4O3. The van der Waals surface area contributed by atoms with E-state index in [4.69, 9.17) is 19.2 Å². The summed E-state index contributed by atoms with van der Waals surface area (Å²) in [6, 6.07) is 5.65. The highest BCUT2D eigenvalue weighted by Gasteiger charge is 2.19. The number of hydrogen-bond donors (Lipinski definition) is 1. The predicted molar refractivity (Wildman–Crippen MR) is 107 cm³/mol. The standard InChI is InChI=1S/C20H28N4O3/c1-13-6-8-24(9-7-13)20-21-14(2)10-18(23-20)22-15-11-16(25-3)19(27-5)17(12-15)26-4/h10-13H,6-9H2,1-5H3,(H,21,22,23). The van der Waals surface area contributed by atoms with Crippen LogP contribution in [0, 0.1) is 12.8 Å². The first-order valence-electron chi connectivity index (χ1n) is 9.21. The Labute approximate surface area is 160 Å². The number of rotatable bonds is 6. The Morgan fingerprint density at radius 1 is 0.963 bits per heavy atom. The number of nitrogens with one attached hydrogen (secondary N) is 1. The van der Waals surface area contributed by atoms with Crippen molar-refractivity contribution in [2.75, 3.05) is 44.6 Å². The molecule has 0 aliphatic carbocycles. The second-order valence-corrected chi connectivity index (χ2v) is 6.90. The zero-order chi connectivity index (χ0) is 19.4. The van der Waals surface area contributed by atoms with E-state index >= 15 is 0 Å². The number of aryl methyl sites for hydroxylation is 1. The van der Waals surface area contributed by atoms with E-state index in [1.807, 2.05) is 25.1 Å². The second-order valence-electron chi connectivity index (χ2n) is 6.90. The number of piperidine rings is 1. The molecule has 3 rings (SSSR count). The number of methoxy groups -OCH3 is 3. The van der Waals surface area contributed by atoms with Crippen LogP contribution >= 0.6 is 0 Å². The Hall–Kier alpha value is -2.70. The number of aromatic nitrogens is 2. The van der Waals surface area contributed by atoms with Crippen LogP contribution in [0.4, 0.5) is 17.5 Å². The van der Waals surface area contributed by atoms with Gasteiger partial charge in [-0.15, -0.1) is 0 Å². The molecule has 0 amide bonds. The lowest BCUT2D eigenvalue weighted by Crippen LogP contribution is -2.34. The highest BCUT2D eigenvalue weighted by molar-refractivity contribution is 5.67. The molecule has 7 nitrogen and oxygen atoms in total. The molecule has 0 saturated carbocycles. The van der Waals surface area contributed by atoms with Gasteiger partial charge in [0.25, 0.3) is 0 Å². The highest BCUT2D eigenvalue weighted by Crippen LogP contribution is 2.40. The van der Waals surface area contributed by atoms with E-state index in [0.717, 1.165) is 42.2 Å². The molecular weight excluding hydrogens is 344 g/mol. The number of ether oxygens (including phenoxy) is 3. The first-order valence-corrected chi connectivity index (χ1v) is 9.21. The topological polar surface area (TPSA) is 68.7 Å². The highest BCUT2D eigenvalue weighted by atomic mass is 16.5. The fraction of sp³-hybridized carbons (Fsp3) is 0.500. The molecule has 1 aliphatic rings. The van der Waals surface area contributed by atoms with Crippen LogP contribution in [-0.4, -0.2) is 44.4 Å². The van der Waals surface area contributed by atoms with Crippen LogP contribution in [0.2, 0.25) is 0 Å². The van der Waals surface area contributed by atoms with Crippen LogP contribution in [0.3, 0.4) is 0 Å². The Morgan fingerprint density at radius 3 is 2.15 bits per heavy atom. The minimum atomic E-state index is 0.563. The van der Waals surface area contributed by atoms with Crippen LogP contribution in [0.5, 0.6) is 17.2 Å². The third-order valence-corrected chi connectivity index (χ3v) is 4.85. The van der Waals surface area contributed by atoms with Crippen LogP contribution in [0.1, 0.15) is 25.5 Å². The average molecular weight is 372 g/mol. The molecule has 27 heavy (non-hydrogen) atoms. The van der Waals surface area contributed by atoms with Gasteiger partial charge in [0.1, 0.15) is 5.82 Å². The lowest BCUT2D eigenvalue weighted by atomic mass is 10.00. The van der Waals surface area contributed by atoms with Crippen molar-refractivity contribution in [3.63, 3.8) is 0 Å². The molecule has 0 atom stereocenters. The Kier molecular flexibility index (Phi) is 5.88. The molecule has 7 heteroatoms. The summed E-state index contributed by atoms with van der Waals surface area (Å²) >= 11 is 0. The van der Waals surface area contributed by atoms with Gasteiger partial charge in [0, 0.05) is 42.7 Å². The summed E-state index contributed by atoms with van der Waals surface area (Å²) in [7, 11) is 4.80. The largest absolute Gasteiger partial charge is 0.493 e. The normalized spacial score (nSPS) is 14.8. The predicted octanol–water partition coefficient (Wildman–Crippen LogP) is 3.79. The van der Waals surface area contributed by atoms with E-state index in [0.29, 0.717) is 17.2 Å². The first kappa shape index (κ1) is 19.1. The van der Waals surface area contributed by atoms with Crippen molar-refractivity contribution in [3.8, 4) is 17.2 Å². The quantitative estimate of drug-likeness (QED) is 0.827. The summed E-state index contributed by atoms with van der Waals surface area (Å²) in [5.74, 6) is 4.03. The molecule has 1 aliphatic heterocycles. The van der Waals surface area contributed by atoms with Gasteiger partial charge in [0.15, 0.2) is 11.5 Å². The first-order chi connectivity index (χ1) is 13.0. The van der Waals surface area contributed by atoms with Crippen molar-refractivity contribution in [1.29, 1.82) is 0 Å². The third kappa shape index (κ3) is 4.35. The molecule has 1 aromatic carbocycles. The molecule has 146 valence electrons. The number of hydrogen-bond acceptors (Lipinski definition) is 7. The molecule has 0 unspecified atom stereocenters. The molecule has 2 heterocycles. The van der Waals surface area contributed by atoms with Gasteiger partial charge in [-0.2, -0.15) is 4.98 Å². The molecule has 0 spiro atoms. The average Bonchev–Trinajstić information content (AvgIpc) is 2.67. The Morgan fingerprint density at radius 2 is 1.59 bits per heavy atom. The van der Waals surface area contributed by atoms with E-state index in [-0.39, 0.29) is 0 Å². The van der Waals surface area contributed by atoms with Crippen molar-refractivity contribution >= 4 is 17.5 Å². The monoisotopic (exact) mass is 372 g/mol. The molecule has 0 radical (unpaired) electrons. The molecule has 1 fully saturated rings. The molecule has 1 saturated heterocycles. The van der Waals surface area contributed by atoms with Crippen LogP contribution in [-0.2, 0) is 0 Å². The number of anilines is 3. The van der Waals surface area contributed by atoms with E-state index in [1.54, 1.807) is 21.3 Å². The van der Waals surface area contributed by atoms with Gasteiger partial charge in [-0.25, -0.2) is 4.98 Å². The van der Waals surface area contributed by atoms with Gasteiger partial charge in [-0.05, 0) is 25.7 Å². The molecule has 2 aromatic rings. The summed E-state index contributed by atoms with van der Waals surface area (Å²) in [6.45, 7) is 6.27. The Balaban J connectivity index is 1.87. The van der Waals surface area contributed by atoms with Crippen molar-refractivity contribution < 1.29 is 14.2 Å². The van der Waals surface area contributed by atoms with E-state index in [9.17, 15) is 0 Å². The van der Waals surface area contributed by atoms with Gasteiger partial charge in [0.05, 0.1) is 21.3 Å². The fourth-order valence-electron chi connectivity index (χ4n) is 3.27. The van der Waals surface area contributed by atoms with Crippen LogP contribution < -0.4 is 24.4 Å². The van der Waals surface area contributed by atoms with Gasteiger partial charge < -0.3 is 24.4 Å². The number of benzene rings is 1. The summed E-state index contributed by atoms with van der Waals surface area (Å²) in [5, 5.41) is 3.34. The van der Waals surface area contributed by atoms with Crippen LogP contribution in [0.25, 0.3) is 0 Å². The maximum atomic E-state index is 5.42. The van der Waals surface area contributed by atoms with E-state index in [1.165, 1.54) is 12.8 Å². The minimum Gasteiger partial charge on any atom is -0.493 e. The summed E-state index contributed by atoms with van der Waals surface area (Å²) < 4.78 is 16.2. The Bertz CT molecular complexity index is 764. The van der Waals surface area contributed by atoms with Gasteiger partial charge in [0.2, 0.25) is 11.7 Å². The van der Waals surface area contributed by atoms with Crippen molar-refractivity contribution in [2.45, 2.75) is 26.7 Å². The SMILES string of the molecule is COc1cc(Nc2cc(C)nc(N3CCC(C)CC3)n2)cc(OC)c1OC. The summed E-state index contributed by atoms with van der Waals surface area (Å²) in [6.07, 6.45) is 2.35. The zero-order valence-corrected chi connectivity index (χ0v) is 16.7. The molecule has 1 aromatic heterocycles. The summed E-state index contributed by atoms with van der Waals surface area (Å²) in [5.41, 5.74) is 1.73.